The largest absolute Gasteiger partial charge is 0.302 e. The molecular formula is C16H29N3. The maximum Gasteiger partial charge on any atom is 0.0522 e. The van der Waals surface area contributed by atoms with E-state index >= 15 is 0 Å². The molecule has 3 nitrogen and oxygen atoms in total. The number of H-pyrrole nitrogens is 1. The second kappa shape index (κ2) is 6.56. The summed E-state index contributed by atoms with van der Waals surface area (Å²) in [6.45, 7) is 12.9. The smallest absolute Gasteiger partial charge is 0.0522 e. The number of piperidine rings is 1. The molecule has 1 aromatic heterocycles. The Balaban J connectivity index is 2.02. The molecular weight excluding hydrogens is 234 g/mol. The van der Waals surface area contributed by atoms with Crippen LogP contribution in [0.25, 0.3) is 0 Å². The first-order valence-electron chi connectivity index (χ1n) is 7.80. The predicted octanol–water partition coefficient (Wildman–Crippen LogP) is 3.44. The minimum atomic E-state index is 0.656. The molecule has 1 unspecified atom stereocenters. The van der Waals surface area contributed by atoms with Crippen molar-refractivity contribution >= 4 is 0 Å². The highest BCUT2D eigenvalue weighted by molar-refractivity contribution is 5.22. The Morgan fingerprint density at radius 1 is 1.32 bits per heavy atom. The molecule has 0 bridgehead atoms. The van der Waals surface area contributed by atoms with Crippen molar-refractivity contribution in [2.75, 3.05) is 19.6 Å². The van der Waals surface area contributed by atoms with Gasteiger partial charge in [-0.1, -0.05) is 27.7 Å². The monoisotopic (exact) mass is 263 g/mol. The fourth-order valence-corrected chi connectivity index (χ4v) is 3.25. The molecule has 1 saturated heterocycles. The molecule has 1 atom stereocenters. The third-order valence-corrected chi connectivity index (χ3v) is 3.92. The van der Waals surface area contributed by atoms with E-state index in [4.69, 9.17) is 0 Å². The summed E-state index contributed by atoms with van der Waals surface area (Å²) in [5.74, 6) is 2.12. The average Bonchev–Trinajstić information content (AvgIpc) is 2.75. The number of aromatic nitrogens is 2. The fraction of sp³-hybridized carbons (Fsp3) is 0.812. The first-order valence-corrected chi connectivity index (χ1v) is 7.80. The molecule has 108 valence electrons. The summed E-state index contributed by atoms with van der Waals surface area (Å²) in [5, 5.41) is 7.57. The van der Waals surface area contributed by atoms with Gasteiger partial charge in [0, 0.05) is 24.7 Å². The number of aromatic amines is 1. The molecule has 0 spiro atoms. The van der Waals surface area contributed by atoms with E-state index in [9.17, 15) is 0 Å². The molecule has 0 aliphatic carbocycles. The molecule has 2 rings (SSSR count). The highest BCUT2D eigenvalue weighted by Crippen LogP contribution is 2.29. The van der Waals surface area contributed by atoms with Gasteiger partial charge in [0.25, 0.3) is 0 Å². The molecule has 19 heavy (non-hydrogen) atoms. The van der Waals surface area contributed by atoms with Crippen molar-refractivity contribution in [1.82, 2.24) is 15.1 Å². The van der Waals surface area contributed by atoms with Crippen LogP contribution in [0.1, 0.15) is 57.7 Å². The molecule has 0 radical (unpaired) electrons. The van der Waals surface area contributed by atoms with Gasteiger partial charge in [0.05, 0.1) is 6.20 Å². The normalized spacial score (nSPS) is 21.5. The second-order valence-electron chi connectivity index (χ2n) is 6.90. The summed E-state index contributed by atoms with van der Waals surface area (Å²) in [7, 11) is 0. The lowest BCUT2D eigenvalue weighted by molar-refractivity contribution is 0.186. The van der Waals surface area contributed by atoms with Gasteiger partial charge < -0.3 is 4.90 Å². The van der Waals surface area contributed by atoms with Gasteiger partial charge in [-0.05, 0) is 43.2 Å². The molecule has 2 heterocycles. The first kappa shape index (κ1) is 14.6. The van der Waals surface area contributed by atoms with E-state index in [1.54, 1.807) is 0 Å². The molecule has 1 fully saturated rings. The number of nitrogens with zero attached hydrogens (tertiary/aromatic N) is 2. The van der Waals surface area contributed by atoms with Crippen LogP contribution in [-0.2, 0) is 6.42 Å². The molecule has 0 amide bonds. The third kappa shape index (κ3) is 4.07. The van der Waals surface area contributed by atoms with Gasteiger partial charge in [0.2, 0.25) is 0 Å². The van der Waals surface area contributed by atoms with Crippen LogP contribution in [0.15, 0.2) is 6.20 Å². The van der Waals surface area contributed by atoms with Crippen LogP contribution in [-0.4, -0.2) is 34.7 Å². The Hall–Kier alpha value is -0.830. The fourth-order valence-electron chi connectivity index (χ4n) is 3.25. The molecule has 3 heteroatoms. The van der Waals surface area contributed by atoms with Crippen molar-refractivity contribution in [1.29, 1.82) is 0 Å². The minimum absolute atomic E-state index is 0.656. The zero-order valence-corrected chi connectivity index (χ0v) is 12.9. The van der Waals surface area contributed by atoms with Crippen LogP contribution in [0.2, 0.25) is 0 Å². The molecule has 0 aromatic carbocycles. The van der Waals surface area contributed by atoms with Crippen molar-refractivity contribution in [3.05, 3.63) is 17.5 Å². The lowest BCUT2D eigenvalue weighted by Gasteiger charge is -2.33. The van der Waals surface area contributed by atoms with E-state index in [0.29, 0.717) is 11.8 Å². The van der Waals surface area contributed by atoms with Crippen LogP contribution in [0.4, 0.5) is 0 Å². The summed E-state index contributed by atoms with van der Waals surface area (Å²) < 4.78 is 0. The van der Waals surface area contributed by atoms with E-state index in [0.717, 1.165) is 12.3 Å². The summed E-state index contributed by atoms with van der Waals surface area (Å²) in [5.41, 5.74) is 2.84. The Morgan fingerprint density at radius 3 is 2.79 bits per heavy atom. The Labute approximate surface area is 117 Å². The Morgan fingerprint density at radius 2 is 2.11 bits per heavy atom. The SMILES string of the molecule is CC(C)Cc1cn[nH]c1C1CCCN(CC(C)C)C1. The third-order valence-electron chi connectivity index (χ3n) is 3.92. The highest BCUT2D eigenvalue weighted by atomic mass is 15.2. The summed E-state index contributed by atoms with van der Waals surface area (Å²) in [6.07, 6.45) is 5.81. The highest BCUT2D eigenvalue weighted by Gasteiger charge is 2.24. The van der Waals surface area contributed by atoms with Crippen molar-refractivity contribution < 1.29 is 0 Å². The van der Waals surface area contributed by atoms with Gasteiger partial charge in [-0.3, -0.25) is 5.10 Å². The summed E-state index contributed by atoms with van der Waals surface area (Å²) >= 11 is 0. The van der Waals surface area contributed by atoms with Crippen LogP contribution in [0, 0.1) is 11.8 Å². The summed E-state index contributed by atoms with van der Waals surface area (Å²) in [4.78, 5) is 2.62. The van der Waals surface area contributed by atoms with Crippen LogP contribution in [0.3, 0.4) is 0 Å². The Bertz CT molecular complexity index is 381. The topological polar surface area (TPSA) is 31.9 Å². The maximum absolute atomic E-state index is 4.29. The van der Waals surface area contributed by atoms with Gasteiger partial charge in [0.15, 0.2) is 0 Å². The summed E-state index contributed by atoms with van der Waals surface area (Å²) in [6, 6.07) is 0. The number of hydrogen-bond donors (Lipinski definition) is 1. The van der Waals surface area contributed by atoms with Crippen LogP contribution >= 0.6 is 0 Å². The molecule has 1 aromatic rings. The van der Waals surface area contributed by atoms with Gasteiger partial charge in [-0.15, -0.1) is 0 Å². The zero-order valence-electron chi connectivity index (χ0n) is 12.9. The standard InChI is InChI=1S/C16H29N3/c1-12(2)8-15-9-17-18-16(15)14-6-5-7-19(11-14)10-13(3)4/h9,12-14H,5-8,10-11H2,1-4H3,(H,17,18). The molecule has 1 aliphatic rings. The van der Waals surface area contributed by atoms with E-state index in [1.165, 1.54) is 43.7 Å². The lowest BCUT2D eigenvalue weighted by Crippen LogP contribution is -2.37. The lowest BCUT2D eigenvalue weighted by atomic mass is 9.90. The van der Waals surface area contributed by atoms with Crippen molar-refractivity contribution in [3.63, 3.8) is 0 Å². The second-order valence-corrected chi connectivity index (χ2v) is 6.90. The van der Waals surface area contributed by atoms with Crippen LogP contribution < -0.4 is 0 Å². The van der Waals surface area contributed by atoms with Gasteiger partial charge in [-0.2, -0.15) is 5.10 Å². The predicted molar refractivity (Wildman–Crippen MR) is 80.4 cm³/mol. The van der Waals surface area contributed by atoms with E-state index in [2.05, 4.69) is 42.8 Å². The van der Waals surface area contributed by atoms with E-state index in [1.807, 2.05) is 6.20 Å². The number of rotatable bonds is 5. The quantitative estimate of drug-likeness (QED) is 0.882. The molecule has 0 saturated carbocycles. The van der Waals surface area contributed by atoms with Crippen molar-refractivity contribution in [2.45, 2.75) is 52.9 Å². The Kier molecular flexibility index (Phi) is 5.03. The van der Waals surface area contributed by atoms with E-state index < -0.39 is 0 Å². The van der Waals surface area contributed by atoms with Gasteiger partial charge >= 0.3 is 0 Å². The zero-order chi connectivity index (χ0) is 13.8. The minimum Gasteiger partial charge on any atom is -0.302 e. The number of nitrogens with one attached hydrogen (secondary N) is 1. The number of likely N-dealkylation sites (tertiary alicyclic amines) is 1. The van der Waals surface area contributed by atoms with E-state index in [-0.39, 0.29) is 0 Å². The van der Waals surface area contributed by atoms with Gasteiger partial charge in [0.1, 0.15) is 0 Å². The van der Waals surface area contributed by atoms with Crippen LogP contribution in [0.5, 0.6) is 0 Å². The first-order chi connectivity index (χ1) is 9.06. The van der Waals surface area contributed by atoms with Gasteiger partial charge in [-0.25, -0.2) is 0 Å². The average molecular weight is 263 g/mol. The molecule has 1 aliphatic heterocycles. The van der Waals surface area contributed by atoms with Crippen molar-refractivity contribution in [3.8, 4) is 0 Å². The number of hydrogen-bond acceptors (Lipinski definition) is 2. The van der Waals surface area contributed by atoms with Crippen molar-refractivity contribution in [2.24, 2.45) is 11.8 Å². The molecule has 1 N–H and O–H groups in total. The maximum atomic E-state index is 4.29.